The molecular formula is C27H36N2O4. The molecular weight excluding hydrogens is 416 g/mol. The predicted molar refractivity (Wildman–Crippen MR) is 129 cm³/mol. The van der Waals surface area contributed by atoms with E-state index in [2.05, 4.69) is 0 Å². The summed E-state index contributed by atoms with van der Waals surface area (Å²) in [4.78, 5) is 30.8. The molecule has 6 heteroatoms. The van der Waals surface area contributed by atoms with E-state index in [0.717, 1.165) is 11.1 Å². The number of ether oxygens (including phenoxy) is 2. The Kier molecular flexibility index (Phi) is 7.09. The Labute approximate surface area is 200 Å². The number of piperazine rings is 1. The van der Waals surface area contributed by atoms with Crippen molar-refractivity contribution < 1.29 is 21.8 Å². The normalized spacial score (nSPS) is 23.0. The van der Waals surface area contributed by atoms with Crippen molar-refractivity contribution in [3.63, 3.8) is 0 Å². The van der Waals surface area contributed by atoms with Crippen LogP contribution < -0.4 is 9.47 Å². The first-order valence-corrected chi connectivity index (χ1v) is 11.3. The first kappa shape index (κ1) is 21.8. The third-order valence-electron chi connectivity index (χ3n) is 5.76. The molecule has 0 bridgehead atoms. The lowest BCUT2D eigenvalue weighted by Gasteiger charge is -2.47. The van der Waals surface area contributed by atoms with Crippen LogP contribution in [0.3, 0.4) is 0 Å². The summed E-state index contributed by atoms with van der Waals surface area (Å²) in [6, 6.07) is 11.7. The van der Waals surface area contributed by atoms with Crippen molar-refractivity contribution in [3.8, 4) is 11.5 Å². The Hall–Kier alpha value is -3.02. The monoisotopic (exact) mass is 454 g/mol. The van der Waals surface area contributed by atoms with E-state index in [4.69, 9.17) is 10.8 Å². The Bertz CT molecular complexity index is 1030. The van der Waals surface area contributed by atoms with Crippen molar-refractivity contribution in [1.82, 2.24) is 9.80 Å². The molecule has 2 aromatic carbocycles. The lowest BCUT2D eigenvalue weighted by Crippen LogP contribution is -2.65. The molecule has 1 heterocycles. The summed E-state index contributed by atoms with van der Waals surface area (Å²) in [5, 5.41) is 0. The quantitative estimate of drug-likeness (QED) is 0.559. The van der Waals surface area contributed by atoms with Gasteiger partial charge in [-0.05, 0) is 53.6 Å². The minimum absolute atomic E-state index is 0.0692. The van der Waals surface area contributed by atoms with Gasteiger partial charge in [0.15, 0.2) is 0 Å². The minimum atomic E-state index is -2.05. The molecule has 0 aliphatic carbocycles. The molecule has 3 atom stereocenters. The molecule has 0 saturated carbocycles. The van der Waals surface area contributed by atoms with Gasteiger partial charge in [0.05, 0.1) is 15.6 Å². The second-order valence-corrected chi connectivity index (χ2v) is 9.04. The second-order valence-electron chi connectivity index (χ2n) is 9.04. The van der Waals surface area contributed by atoms with E-state index in [-0.39, 0.29) is 30.8 Å². The summed E-state index contributed by atoms with van der Waals surface area (Å²) in [5.74, 6) is 0.0718. The molecule has 3 rings (SSSR count). The van der Waals surface area contributed by atoms with E-state index in [0.29, 0.717) is 11.5 Å². The van der Waals surface area contributed by atoms with Crippen molar-refractivity contribution in [2.24, 2.45) is 11.8 Å². The highest BCUT2D eigenvalue weighted by Crippen LogP contribution is 2.30. The third kappa shape index (κ3) is 5.67. The van der Waals surface area contributed by atoms with Gasteiger partial charge >= 0.3 is 0 Å². The number of hydrogen-bond acceptors (Lipinski definition) is 4. The Morgan fingerprint density at radius 3 is 1.67 bits per heavy atom. The number of rotatable bonds is 9. The molecule has 2 aromatic rings. The molecule has 0 radical (unpaired) electrons. The zero-order valence-electron chi connectivity index (χ0n) is 22.4. The van der Waals surface area contributed by atoms with Crippen LogP contribution in [-0.4, -0.2) is 47.9 Å². The average molecular weight is 455 g/mol. The Morgan fingerprint density at radius 1 is 0.818 bits per heavy atom. The summed E-state index contributed by atoms with van der Waals surface area (Å²) in [6.45, 7) is 7.66. The van der Waals surface area contributed by atoms with Gasteiger partial charge in [-0.3, -0.25) is 9.59 Å². The van der Waals surface area contributed by atoms with Crippen LogP contribution in [0.4, 0.5) is 0 Å². The Morgan fingerprint density at radius 2 is 1.27 bits per heavy atom. The highest BCUT2D eigenvalue weighted by Gasteiger charge is 2.46. The number of benzene rings is 2. The number of carbonyl (C=O) groups excluding carboxylic acids is 2. The fourth-order valence-electron chi connectivity index (χ4n) is 4.10. The average Bonchev–Trinajstić information content (AvgIpc) is 2.85. The van der Waals surface area contributed by atoms with Gasteiger partial charge in [-0.25, -0.2) is 0 Å². The number of amides is 2. The predicted octanol–water partition coefficient (Wildman–Crippen LogP) is 4.51. The van der Waals surface area contributed by atoms with Crippen molar-refractivity contribution in [3.05, 3.63) is 59.7 Å². The van der Waals surface area contributed by atoms with E-state index in [9.17, 15) is 11.0 Å². The molecule has 0 aromatic heterocycles. The third-order valence-corrected chi connectivity index (χ3v) is 5.76. The van der Waals surface area contributed by atoms with E-state index < -0.39 is 24.4 Å². The molecule has 1 aliphatic heterocycles. The zero-order valence-corrected chi connectivity index (χ0v) is 20.4. The largest absolute Gasteiger partial charge is 0.497 e. The zero-order chi connectivity index (χ0) is 25.9. The maximum atomic E-state index is 14.1. The lowest BCUT2D eigenvalue weighted by atomic mass is 9.90. The number of hydrogen-bond donors (Lipinski definition) is 0. The minimum Gasteiger partial charge on any atom is -0.497 e. The van der Waals surface area contributed by atoms with Crippen LogP contribution in [0, 0.1) is 11.8 Å². The van der Waals surface area contributed by atoms with Crippen LogP contribution in [-0.2, 0) is 22.7 Å². The van der Waals surface area contributed by atoms with E-state index in [1.165, 1.54) is 9.80 Å². The van der Waals surface area contributed by atoms with Gasteiger partial charge in [0.1, 0.15) is 23.6 Å². The Balaban J connectivity index is 2.05. The first-order valence-electron chi connectivity index (χ1n) is 12.4. The van der Waals surface area contributed by atoms with E-state index in [1.54, 1.807) is 52.3 Å². The maximum Gasteiger partial charge on any atom is 0.246 e. The van der Waals surface area contributed by atoms with E-state index >= 15 is 0 Å². The van der Waals surface area contributed by atoms with Crippen molar-refractivity contribution >= 4 is 11.8 Å². The lowest BCUT2D eigenvalue weighted by molar-refractivity contribution is -0.166. The summed E-state index contributed by atoms with van der Waals surface area (Å²) >= 11 is 0. The van der Waals surface area contributed by atoms with Gasteiger partial charge in [0, 0.05) is 14.5 Å². The standard InChI is InChI=1S/C27H36N2O4/c1-18(2)15-24-26(30)29(17-21-9-13-23(33-6)14-10-21)25(19(3)4)27(31)28(24)16-20-7-11-22(32-5)12-8-20/h7-14,18-19,24-25H,15-17H2,1-6H3/t24-,25-/m0/s1/i15D,24D/t15-,24+,25+/m1. The van der Waals surface area contributed by atoms with Crippen molar-refractivity contribution in [1.29, 1.82) is 0 Å². The highest BCUT2D eigenvalue weighted by atomic mass is 16.5. The first-order chi connectivity index (χ1) is 16.5. The number of nitrogens with zero attached hydrogens (tertiary/aromatic N) is 2. The van der Waals surface area contributed by atoms with Gasteiger partial charge in [-0.15, -0.1) is 0 Å². The molecule has 178 valence electrons. The van der Waals surface area contributed by atoms with Gasteiger partial charge in [-0.1, -0.05) is 52.0 Å². The number of carbonyl (C=O) groups is 2. The van der Waals surface area contributed by atoms with Gasteiger partial charge in [0.2, 0.25) is 11.8 Å². The highest BCUT2D eigenvalue weighted by molar-refractivity contribution is 5.97. The SMILES string of the molecule is [2H][C@H](C(C)C)[C@@]1([2H])C(=O)N(Cc2ccc(OC)cc2)[C@@H](C(C)C)C(=O)N1Cc1ccc(OC)cc1. The molecule has 0 spiro atoms. The second kappa shape index (κ2) is 10.7. The molecule has 33 heavy (non-hydrogen) atoms. The fourth-order valence-corrected chi connectivity index (χ4v) is 4.10. The smallest absolute Gasteiger partial charge is 0.246 e. The molecule has 2 amide bonds. The molecule has 0 N–H and O–H groups in total. The molecule has 0 unspecified atom stereocenters. The van der Waals surface area contributed by atoms with Crippen LogP contribution in [0.5, 0.6) is 11.5 Å². The molecule has 6 nitrogen and oxygen atoms in total. The van der Waals surface area contributed by atoms with Crippen LogP contribution in [0.15, 0.2) is 48.5 Å². The van der Waals surface area contributed by atoms with Crippen LogP contribution >= 0.6 is 0 Å². The van der Waals surface area contributed by atoms with Crippen LogP contribution in [0.2, 0.25) is 0 Å². The maximum absolute atomic E-state index is 14.1. The summed E-state index contributed by atoms with van der Waals surface area (Å²) < 4.78 is 28.6. The van der Waals surface area contributed by atoms with Crippen molar-refractivity contribution in [2.45, 2.75) is 59.2 Å². The summed E-state index contributed by atoms with van der Waals surface area (Å²) in [6.07, 6.45) is -1.12. The molecule has 1 aliphatic rings. The van der Waals surface area contributed by atoms with Gasteiger partial charge in [-0.2, -0.15) is 0 Å². The van der Waals surface area contributed by atoms with Crippen LogP contribution in [0.1, 0.15) is 48.0 Å². The fraction of sp³-hybridized carbons (Fsp3) is 0.481. The summed E-state index contributed by atoms with van der Waals surface area (Å²) in [5.41, 5.74) is 1.60. The molecule has 1 saturated heterocycles. The van der Waals surface area contributed by atoms with Gasteiger partial charge < -0.3 is 19.3 Å². The topological polar surface area (TPSA) is 59.1 Å². The summed E-state index contributed by atoms with van der Waals surface area (Å²) in [7, 11) is 3.16. The van der Waals surface area contributed by atoms with E-state index in [1.807, 2.05) is 38.1 Å². The number of methoxy groups -OCH3 is 2. The van der Waals surface area contributed by atoms with Gasteiger partial charge in [0.25, 0.3) is 0 Å². The van der Waals surface area contributed by atoms with Crippen molar-refractivity contribution in [2.75, 3.05) is 14.2 Å². The van der Waals surface area contributed by atoms with Crippen LogP contribution in [0.25, 0.3) is 0 Å². The molecule has 1 fully saturated rings.